The third-order valence-electron chi connectivity index (χ3n) is 5.86. The molecule has 2 heterocycles. The minimum absolute atomic E-state index is 0.0429. The molecule has 4 N–H and O–H groups in total. The van der Waals surface area contributed by atoms with E-state index in [9.17, 15) is 33.1 Å². The summed E-state index contributed by atoms with van der Waals surface area (Å²) in [6.45, 7) is 0.714. The lowest BCUT2D eigenvalue weighted by molar-refractivity contribution is -0.142. The molecule has 3 amide bonds. The van der Waals surface area contributed by atoms with Crippen LogP contribution in [-0.4, -0.2) is 52.0 Å². The van der Waals surface area contributed by atoms with Gasteiger partial charge in [-0.1, -0.05) is 23.9 Å². The molecule has 2 aliphatic heterocycles. The largest absolute Gasteiger partial charge is 0.480 e. The zero-order valence-corrected chi connectivity index (χ0v) is 19.7. The van der Waals surface area contributed by atoms with Crippen LogP contribution in [0.1, 0.15) is 24.0 Å². The van der Waals surface area contributed by atoms with Crippen molar-refractivity contribution in [3.05, 3.63) is 59.2 Å². The van der Waals surface area contributed by atoms with Crippen molar-refractivity contribution in [1.82, 2.24) is 16.0 Å². The lowest BCUT2D eigenvalue weighted by atomic mass is 10.0. The molecule has 0 saturated carbocycles. The Bertz CT molecular complexity index is 1160. The van der Waals surface area contributed by atoms with Crippen LogP contribution < -0.4 is 20.7 Å². The summed E-state index contributed by atoms with van der Waals surface area (Å²) >= 11 is 0.682. The molecule has 2 fully saturated rings. The smallest absolute Gasteiger partial charge is 0.326 e. The van der Waals surface area contributed by atoms with Gasteiger partial charge in [0.05, 0.1) is 11.3 Å². The van der Waals surface area contributed by atoms with E-state index in [1.54, 1.807) is 12.1 Å². The van der Waals surface area contributed by atoms with Gasteiger partial charge in [0.25, 0.3) is 5.24 Å². The third-order valence-corrected chi connectivity index (χ3v) is 6.84. The van der Waals surface area contributed by atoms with Gasteiger partial charge in [-0.3, -0.25) is 19.7 Å². The summed E-state index contributed by atoms with van der Waals surface area (Å²) in [6.07, 6.45) is 1.26. The molecule has 0 radical (unpaired) electrons. The average Bonchev–Trinajstić information content (AvgIpc) is 3.46. The maximum atomic E-state index is 14.6. The molecule has 190 valence electrons. The Morgan fingerprint density at radius 3 is 2.39 bits per heavy atom. The molecule has 2 aliphatic rings. The summed E-state index contributed by atoms with van der Waals surface area (Å²) in [5.74, 6) is -3.79. The van der Waals surface area contributed by atoms with Gasteiger partial charge >= 0.3 is 5.97 Å². The van der Waals surface area contributed by atoms with Gasteiger partial charge in [0.15, 0.2) is 0 Å². The van der Waals surface area contributed by atoms with E-state index in [4.69, 9.17) is 4.74 Å². The van der Waals surface area contributed by atoms with Crippen LogP contribution in [0.3, 0.4) is 0 Å². The quantitative estimate of drug-likeness (QED) is 0.397. The summed E-state index contributed by atoms with van der Waals surface area (Å²) in [5.41, 5.74) is 0.290. The molecule has 3 atom stereocenters. The van der Waals surface area contributed by atoms with Gasteiger partial charge in [-0.2, -0.15) is 0 Å². The van der Waals surface area contributed by atoms with Gasteiger partial charge in [-0.15, -0.1) is 0 Å². The maximum absolute atomic E-state index is 14.6. The fourth-order valence-electron chi connectivity index (χ4n) is 3.99. The van der Waals surface area contributed by atoms with Crippen LogP contribution in [0.4, 0.5) is 13.6 Å². The molecule has 2 aromatic carbocycles. The van der Waals surface area contributed by atoms with E-state index in [1.165, 1.54) is 12.1 Å². The van der Waals surface area contributed by atoms with Crippen LogP contribution in [0.15, 0.2) is 36.4 Å². The van der Waals surface area contributed by atoms with Crippen LogP contribution >= 0.6 is 11.8 Å². The summed E-state index contributed by atoms with van der Waals surface area (Å²) in [4.78, 5) is 46.8. The zero-order chi connectivity index (χ0) is 25.8. The summed E-state index contributed by atoms with van der Waals surface area (Å²) < 4.78 is 34.6. The van der Waals surface area contributed by atoms with Crippen LogP contribution in [0.5, 0.6) is 11.5 Å². The number of amides is 3. The number of ether oxygens (including phenoxy) is 1. The molecule has 2 saturated heterocycles. The zero-order valence-electron chi connectivity index (χ0n) is 18.9. The van der Waals surface area contributed by atoms with Crippen molar-refractivity contribution in [2.45, 2.75) is 43.0 Å². The predicted octanol–water partition coefficient (Wildman–Crippen LogP) is 2.52. The Balaban J connectivity index is 1.38. The molecule has 2 aromatic rings. The molecular formula is C24H23F2N3O6S. The van der Waals surface area contributed by atoms with Crippen LogP contribution in [0.2, 0.25) is 0 Å². The monoisotopic (exact) mass is 519 g/mol. The van der Waals surface area contributed by atoms with E-state index in [0.29, 0.717) is 30.3 Å². The van der Waals surface area contributed by atoms with Crippen molar-refractivity contribution < 1.29 is 37.8 Å². The first-order valence-electron chi connectivity index (χ1n) is 11.2. The molecule has 0 aromatic heterocycles. The Morgan fingerprint density at radius 1 is 1.14 bits per heavy atom. The summed E-state index contributed by atoms with van der Waals surface area (Å²) in [7, 11) is 0. The van der Waals surface area contributed by atoms with Crippen molar-refractivity contribution in [1.29, 1.82) is 0 Å². The fourth-order valence-corrected chi connectivity index (χ4v) is 4.83. The number of carboxylic acid groups (broad SMARTS) is 1. The fraction of sp³-hybridized carbons (Fsp3) is 0.333. The number of thioether (sulfide) groups is 1. The molecule has 0 aliphatic carbocycles. The SMILES string of the molecule is O=C1NC(=O)C(Cc2c(F)cc(Oc3ccc(CC(NC(=O)C4CCCN4)C(=O)O)cc3)cc2F)S1. The van der Waals surface area contributed by atoms with Gasteiger partial charge in [-0.05, 0) is 43.5 Å². The van der Waals surface area contributed by atoms with E-state index in [0.717, 1.165) is 18.6 Å². The van der Waals surface area contributed by atoms with Crippen molar-refractivity contribution in [3.63, 3.8) is 0 Å². The second kappa shape index (κ2) is 11.0. The lowest BCUT2D eigenvalue weighted by Crippen LogP contribution is -2.49. The second-order valence-corrected chi connectivity index (χ2v) is 9.63. The topological polar surface area (TPSA) is 134 Å². The molecule has 12 heteroatoms. The highest BCUT2D eigenvalue weighted by Crippen LogP contribution is 2.30. The number of hydrogen-bond acceptors (Lipinski definition) is 7. The molecule has 0 spiro atoms. The molecule has 4 rings (SSSR count). The maximum Gasteiger partial charge on any atom is 0.326 e. The van der Waals surface area contributed by atoms with Gasteiger partial charge < -0.3 is 20.5 Å². The van der Waals surface area contributed by atoms with Crippen LogP contribution in [0.25, 0.3) is 0 Å². The number of halogens is 2. The molecular weight excluding hydrogens is 496 g/mol. The number of imide groups is 1. The highest BCUT2D eigenvalue weighted by molar-refractivity contribution is 8.15. The Labute approximate surface area is 209 Å². The van der Waals surface area contributed by atoms with Gasteiger partial charge in [0.2, 0.25) is 11.8 Å². The minimum atomic E-state index is -1.16. The van der Waals surface area contributed by atoms with Gasteiger partial charge in [0.1, 0.15) is 29.2 Å². The highest BCUT2D eigenvalue weighted by atomic mass is 32.2. The van der Waals surface area contributed by atoms with Gasteiger partial charge in [-0.25, -0.2) is 13.6 Å². The molecule has 9 nitrogen and oxygen atoms in total. The first-order valence-corrected chi connectivity index (χ1v) is 12.1. The summed E-state index contributed by atoms with van der Waals surface area (Å²) in [5, 5.41) is 15.7. The number of benzene rings is 2. The summed E-state index contributed by atoms with van der Waals surface area (Å²) in [6, 6.07) is 6.69. The minimum Gasteiger partial charge on any atom is -0.480 e. The Kier molecular flexibility index (Phi) is 7.85. The van der Waals surface area contributed by atoms with Crippen molar-refractivity contribution in [2.75, 3.05) is 6.54 Å². The van der Waals surface area contributed by atoms with E-state index in [2.05, 4.69) is 16.0 Å². The van der Waals surface area contributed by atoms with E-state index < -0.39 is 46.1 Å². The number of hydrogen-bond donors (Lipinski definition) is 4. The predicted molar refractivity (Wildman–Crippen MR) is 126 cm³/mol. The first kappa shape index (κ1) is 25.6. The van der Waals surface area contributed by atoms with Crippen LogP contribution in [-0.2, 0) is 27.2 Å². The van der Waals surface area contributed by atoms with Crippen molar-refractivity contribution in [3.8, 4) is 11.5 Å². The highest BCUT2D eigenvalue weighted by Gasteiger charge is 2.33. The van der Waals surface area contributed by atoms with Crippen molar-refractivity contribution >= 4 is 34.8 Å². The number of nitrogens with one attached hydrogen (secondary N) is 3. The number of carbonyl (C=O) groups excluding carboxylic acids is 3. The number of carboxylic acids is 1. The molecule has 36 heavy (non-hydrogen) atoms. The van der Waals surface area contributed by atoms with Crippen LogP contribution in [0, 0.1) is 11.6 Å². The third kappa shape index (κ3) is 6.18. The second-order valence-electron chi connectivity index (χ2n) is 8.45. The number of carbonyl (C=O) groups is 4. The van der Waals surface area contributed by atoms with E-state index in [1.807, 2.05) is 0 Å². The molecule has 0 bridgehead atoms. The lowest BCUT2D eigenvalue weighted by Gasteiger charge is -2.18. The number of aliphatic carboxylic acids is 1. The van der Waals surface area contributed by atoms with Gasteiger partial charge in [0, 0.05) is 24.1 Å². The van der Waals surface area contributed by atoms with Crippen molar-refractivity contribution in [2.24, 2.45) is 0 Å². The Hall–Kier alpha value is -3.51. The Morgan fingerprint density at radius 2 is 1.83 bits per heavy atom. The first-order chi connectivity index (χ1) is 17.2. The van der Waals surface area contributed by atoms with E-state index >= 15 is 0 Å². The standard InChI is InChI=1S/C24H23F2N3O6S/c25-16-9-14(10-17(26)15(16)11-20-22(31)29-24(34)36-20)35-13-5-3-12(4-6-13)8-19(23(32)33)28-21(30)18-2-1-7-27-18/h3-6,9-10,18-20,27H,1-2,7-8,11H2,(H,28,30)(H,32,33)(H,29,31,34). The normalized spacial score (nSPS) is 20.2. The number of rotatable bonds is 9. The molecule has 3 unspecified atom stereocenters. The van der Waals surface area contributed by atoms with E-state index in [-0.39, 0.29) is 35.8 Å². The average molecular weight is 520 g/mol.